The molecule has 1 aromatic heterocycles. The number of carbonyl (C=O) groups is 1. The van der Waals surface area contributed by atoms with Crippen LogP contribution >= 0.6 is 12.4 Å². The second-order valence-electron chi connectivity index (χ2n) is 7.95. The quantitative estimate of drug-likeness (QED) is 0.697. The summed E-state index contributed by atoms with van der Waals surface area (Å²) in [7, 11) is 0. The van der Waals surface area contributed by atoms with E-state index < -0.39 is 0 Å². The van der Waals surface area contributed by atoms with Crippen molar-refractivity contribution in [1.82, 2.24) is 25.3 Å². The number of rotatable bonds is 7. The Morgan fingerprint density at radius 1 is 1.23 bits per heavy atom. The monoisotopic (exact) mass is 433 g/mol. The summed E-state index contributed by atoms with van der Waals surface area (Å²) in [6, 6.07) is 12.5. The number of hydrogen-bond donors (Lipinski definition) is 2. The van der Waals surface area contributed by atoms with Crippen molar-refractivity contribution in [1.29, 1.82) is 0 Å². The van der Waals surface area contributed by atoms with E-state index in [-0.39, 0.29) is 24.4 Å². The maximum Gasteiger partial charge on any atom is 0.272 e. The van der Waals surface area contributed by atoms with Crippen LogP contribution in [-0.4, -0.2) is 72.6 Å². The van der Waals surface area contributed by atoms with E-state index in [0.29, 0.717) is 11.7 Å². The number of benzene rings is 1. The van der Waals surface area contributed by atoms with Crippen LogP contribution in [0.2, 0.25) is 0 Å². The number of nitrogens with zero attached hydrogens (tertiary/aromatic N) is 3. The van der Waals surface area contributed by atoms with E-state index >= 15 is 0 Å². The zero-order chi connectivity index (χ0) is 19.9. The lowest BCUT2D eigenvalue weighted by Crippen LogP contribution is -2.48. The number of carbonyl (C=O) groups excluding carboxylic acids is 1. The van der Waals surface area contributed by atoms with Crippen molar-refractivity contribution in [2.75, 3.05) is 45.9 Å². The normalized spacial score (nSPS) is 20.9. The maximum atomic E-state index is 12.9. The molecule has 8 heteroatoms. The van der Waals surface area contributed by atoms with Gasteiger partial charge in [0.1, 0.15) is 5.69 Å². The smallest absolute Gasteiger partial charge is 0.272 e. The van der Waals surface area contributed by atoms with Crippen molar-refractivity contribution < 1.29 is 9.53 Å². The molecule has 1 amide bonds. The zero-order valence-corrected chi connectivity index (χ0v) is 18.2. The van der Waals surface area contributed by atoms with Gasteiger partial charge in [-0.25, -0.2) is 0 Å². The van der Waals surface area contributed by atoms with Gasteiger partial charge in [-0.15, -0.1) is 12.4 Å². The van der Waals surface area contributed by atoms with Crippen LogP contribution < -0.4 is 10.6 Å². The Bertz CT molecular complexity index is 773. The SMILES string of the molecule is Cl.O=C(NC(Cc1ccccc1)CN1CCOCC1)c1ccn(C2CCCNC2)n1. The fourth-order valence-corrected chi connectivity index (χ4v) is 4.14. The third-order valence-electron chi connectivity index (χ3n) is 5.73. The van der Waals surface area contributed by atoms with E-state index in [9.17, 15) is 4.79 Å². The maximum absolute atomic E-state index is 12.9. The summed E-state index contributed by atoms with van der Waals surface area (Å²) < 4.78 is 7.40. The Morgan fingerprint density at radius 2 is 2.03 bits per heavy atom. The summed E-state index contributed by atoms with van der Waals surface area (Å²) in [5.74, 6) is -0.0956. The highest BCUT2D eigenvalue weighted by atomic mass is 35.5. The number of morpholine rings is 1. The summed E-state index contributed by atoms with van der Waals surface area (Å²) in [5.41, 5.74) is 1.72. The van der Waals surface area contributed by atoms with Crippen LogP contribution in [0.25, 0.3) is 0 Å². The fraction of sp³-hybridized carbons (Fsp3) is 0.545. The molecule has 7 nitrogen and oxygen atoms in total. The molecule has 0 bridgehead atoms. The molecule has 1 aromatic carbocycles. The minimum Gasteiger partial charge on any atom is -0.379 e. The second kappa shape index (κ2) is 11.5. The molecule has 2 aliphatic rings. The number of amides is 1. The first-order valence-electron chi connectivity index (χ1n) is 10.7. The molecule has 0 saturated carbocycles. The third kappa shape index (κ3) is 6.28. The first-order chi connectivity index (χ1) is 14.3. The van der Waals surface area contributed by atoms with Crippen molar-refractivity contribution >= 4 is 18.3 Å². The minimum absolute atomic E-state index is 0. The predicted octanol–water partition coefficient (Wildman–Crippen LogP) is 1.90. The Labute approximate surface area is 184 Å². The van der Waals surface area contributed by atoms with Gasteiger partial charge in [0.25, 0.3) is 5.91 Å². The highest BCUT2D eigenvalue weighted by Crippen LogP contribution is 2.16. The van der Waals surface area contributed by atoms with Gasteiger partial charge >= 0.3 is 0 Å². The molecule has 0 radical (unpaired) electrons. The predicted molar refractivity (Wildman–Crippen MR) is 119 cm³/mol. The topological polar surface area (TPSA) is 71.4 Å². The fourth-order valence-electron chi connectivity index (χ4n) is 4.14. The van der Waals surface area contributed by atoms with Crippen molar-refractivity contribution in [2.24, 2.45) is 0 Å². The van der Waals surface area contributed by atoms with Crippen LogP contribution in [0, 0.1) is 0 Å². The molecule has 4 rings (SSSR count). The summed E-state index contributed by atoms with van der Waals surface area (Å²) in [4.78, 5) is 15.3. The highest BCUT2D eigenvalue weighted by Gasteiger charge is 2.22. The lowest BCUT2D eigenvalue weighted by molar-refractivity contribution is 0.0333. The number of nitrogens with one attached hydrogen (secondary N) is 2. The average Bonchev–Trinajstić information content (AvgIpc) is 3.26. The van der Waals surface area contributed by atoms with Crippen LogP contribution in [0.1, 0.15) is 34.9 Å². The molecule has 2 fully saturated rings. The standard InChI is InChI=1S/C22H31N5O2.ClH/c28-22(21-8-10-27(25-21)20-7-4-9-23-16-20)24-19(15-18-5-2-1-3-6-18)17-26-11-13-29-14-12-26;/h1-3,5-6,8,10,19-20,23H,4,7,9,11-17H2,(H,24,28);1H. The van der Waals surface area contributed by atoms with Crippen LogP contribution in [0.3, 0.4) is 0 Å². The number of ether oxygens (including phenoxy) is 1. The van der Waals surface area contributed by atoms with Gasteiger partial charge in [-0.05, 0) is 37.4 Å². The molecule has 2 unspecified atom stereocenters. The van der Waals surface area contributed by atoms with Crippen molar-refractivity contribution in [2.45, 2.75) is 31.3 Å². The highest BCUT2D eigenvalue weighted by molar-refractivity contribution is 5.92. The van der Waals surface area contributed by atoms with E-state index in [4.69, 9.17) is 4.74 Å². The number of piperidine rings is 1. The molecule has 2 atom stereocenters. The molecule has 2 N–H and O–H groups in total. The van der Waals surface area contributed by atoms with E-state index in [1.54, 1.807) is 0 Å². The molecule has 0 spiro atoms. The van der Waals surface area contributed by atoms with Gasteiger partial charge in [0.05, 0.1) is 19.3 Å². The van der Waals surface area contributed by atoms with Gasteiger partial charge < -0.3 is 15.4 Å². The van der Waals surface area contributed by atoms with E-state index in [1.807, 2.05) is 35.1 Å². The number of halogens is 1. The van der Waals surface area contributed by atoms with E-state index in [1.165, 1.54) is 5.56 Å². The molecule has 2 saturated heterocycles. The van der Waals surface area contributed by atoms with Crippen LogP contribution in [0.4, 0.5) is 0 Å². The van der Waals surface area contributed by atoms with Crippen LogP contribution in [0.15, 0.2) is 42.6 Å². The van der Waals surface area contributed by atoms with Crippen molar-refractivity contribution in [3.8, 4) is 0 Å². The average molecular weight is 434 g/mol. The van der Waals surface area contributed by atoms with Crippen LogP contribution in [-0.2, 0) is 11.2 Å². The number of hydrogen-bond acceptors (Lipinski definition) is 5. The summed E-state index contributed by atoms with van der Waals surface area (Å²) in [5, 5.41) is 11.2. The number of aromatic nitrogens is 2. The van der Waals surface area contributed by atoms with Gasteiger partial charge in [-0.2, -0.15) is 5.10 Å². The minimum atomic E-state index is -0.0956. The largest absolute Gasteiger partial charge is 0.379 e. The molecular weight excluding hydrogens is 402 g/mol. The molecule has 2 aromatic rings. The van der Waals surface area contributed by atoms with Gasteiger partial charge in [-0.3, -0.25) is 14.4 Å². The van der Waals surface area contributed by atoms with Crippen molar-refractivity contribution in [3.05, 3.63) is 53.9 Å². The second-order valence-corrected chi connectivity index (χ2v) is 7.95. The van der Waals surface area contributed by atoms with Gasteiger partial charge in [0, 0.05) is 38.4 Å². The molecule has 0 aliphatic carbocycles. The molecule has 164 valence electrons. The molecular formula is C22H32ClN5O2. The Hall–Kier alpha value is -1.93. The lowest BCUT2D eigenvalue weighted by atomic mass is 10.0. The van der Waals surface area contributed by atoms with Crippen LogP contribution in [0.5, 0.6) is 0 Å². The molecule has 2 aliphatic heterocycles. The first-order valence-corrected chi connectivity index (χ1v) is 10.7. The third-order valence-corrected chi connectivity index (χ3v) is 5.73. The van der Waals surface area contributed by atoms with E-state index in [0.717, 1.165) is 65.2 Å². The lowest BCUT2D eigenvalue weighted by Gasteiger charge is -2.31. The summed E-state index contributed by atoms with van der Waals surface area (Å²) in [6.07, 6.45) is 4.98. The van der Waals surface area contributed by atoms with E-state index in [2.05, 4.69) is 32.8 Å². The van der Waals surface area contributed by atoms with Gasteiger partial charge in [0.2, 0.25) is 0 Å². The van der Waals surface area contributed by atoms with Gasteiger partial charge in [-0.1, -0.05) is 30.3 Å². The Balaban J connectivity index is 0.00000256. The van der Waals surface area contributed by atoms with Gasteiger partial charge in [0.15, 0.2) is 0 Å². The Kier molecular flexibility index (Phi) is 8.69. The summed E-state index contributed by atoms with van der Waals surface area (Å²) in [6.45, 7) is 6.12. The zero-order valence-electron chi connectivity index (χ0n) is 17.3. The molecule has 30 heavy (non-hydrogen) atoms. The Morgan fingerprint density at radius 3 is 2.77 bits per heavy atom. The first kappa shape index (κ1) is 22.7. The molecule has 3 heterocycles. The summed E-state index contributed by atoms with van der Waals surface area (Å²) >= 11 is 0. The van der Waals surface area contributed by atoms with Crippen molar-refractivity contribution in [3.63, 3.8) is 0 Å².